The van der Waals surface area contributed by atoms with Crippen molar-refractivity contribution in [2.24, 2.45) is 0 Å². The Hall–Kier alpha value is -1.59. The van der Waals surface area contributed by atoms with Crippen LogP contribution in [0.15, 0.2) is 24.3 Å². The van der Waals surface area contributed by atoms with Gasteiger partial charge in [0.1, 0.15) is 6.04 Å². The molecule has 1 fully saturated rings. The van der Waals surface area contributed by atoms with Crippen molar-refractivity contribution < 1.29 is 14.7 Å². The summed E-state index contributed by atoms with van der Waals surface area (Å²) < 4.78 is 0. The molecule has 2 N–H and O–H groups in total. The van der Waals surface area contributed by atoms with Gasteiger partial charge in [0, 0.05) is 5.69 Å². The maximum atomic E-state index is 12.0. The summed E-state index contributed by atoms with van der Waals surface area (Å²) in [5.74, 6) is -1.00. The average Bonchev–Trinajstić information content (AvgIpc) is 2.38. The van der Waals surface area contributed by atoms with Gasteiger partial charge in [0.05, 0.1) is 6.54 Å². The van der Waals surface area contributed by atoms with Gasteiger partial charge in [0.2, 0.25) is 5.91 Å². The van der Waals surface area contributed by atoms with E-state index in [2.05, 4.69) is 5.32 Å². The molecule has 0 radical (unpaired) electrons. The number of hydrogen-bond donors (Lipinski definition) is 2. The van der Waals surface area contributed by atoms with Crippen molar-refractivity contribution in [2.45, 2.75) is 32.2 Å². The minimum absolute atomic E-state index is 0. The summed E-state index contributed by atoms with van der Waals surface area (Å²) in [6.45, 7) is 2.75. The quantitative estimate of drug-likeness (QED) is 0.895. The van der Waals surface area contributed by atoms with Gasteiger partial charge < -0.3 is 10.4 Å². The van der Waals surface area contributed by atoms with Gasteiger partial charge in [-0.1, -0.05) is 18.6 Å². The zero-order valence-corrected chi connectivity index (χ0v) is 12.9. The highest BCUT2D eigenvalue weighted by Gasteiger charge is 2.29. The normalized spacial score (nSPS) is 18.6. The van der Waals surface area contributed by atoms with Crippen LogP contribution in [-0.2, 0) is 9.59 Å². The molecule has 1 amide bonds. The third kappa shape index (κ3) is 5.02. The van der Waals surface area contributed by atoms with Crippen molar-refractivity contribution in [3.63, 3.8) is 0 Å². The van der Waals surface area contributed by atoms with Gasteiger partial charge in [0.15, 0.2) is 0 Å². The van der Waals surface area contributed by atoms with Crippen LogP contribution in [0.1, 0.15) is 24.8 Å². The van der Waals surface area contributed by atoms with Gasteiger partial charge in [-0.15, -0.1) is 12.4 Å². The summed E-state index contributed by atoms with van der Waals surface area (Å²) >= 11 is 0. The van der Waals surface area contributed by atoms with Gasteiger partial charge in [0.25, 0.3) is 0 Å². The minimum Gasteiger partial charge on any atom is -0.480 e. The van der Waals surface area contributed by atoms with E-state index in [4.69, 9.17) is 0 Å². The van der Waals surface area contributed by atoms with Crippen LogP contribution in [0.5, 0.6) is 0 Å². The van der Waals surface area contributed by atoms with Gasteiger partial charge in [-0.05, 0) is 44.0 Å². The molecule has 1 unspecified atom stereocenters. The second-order valence-corrected chi connectivity index (χ2v) is 5.24. The predicted molar refractivity (Wildman–Crippen MR) is 83.9 cm³/mol. The Bertz CT molecular complexity index is 507. The lowest BCUT2D eigenvalue weighted by atomic mass is 10.0. The van der Waals surface area contributed by atoms with Crippen molar-refractivity contribution in [3.05, 3.63) is 29.8 Å². The van der Waals surface area contributed by atoms with Gasteiger partial charge in [-0.2, -0.15) is 0 Å². The zero-order chi connectivity index (χ0) is 14.5. The summed E-state index contributed by atoms with van der Waals surface area (Å²) in [5, 5.41) is 12.0. The van der Waals surface area contributed by atoms with Crippen molar-refractivity contribution in [2.75, 3.05) is 18.4 Å². The number of piperidine rings is 1. The lowest BCUT2D eigenvalue weighted by Crippen LogP contribution is -2.47. The zero-order valence-electron chi connectivity index (χ0n) is 12.0. The number of amides is 1. The van der Waals surface area contributed by atoms with Crippen LogP contribution in [0, 0.1) is 6.92 Å². The molecule has 0 aliphatic carbocycles. The van der Waals surface area contributed by atoms with Crippen LogP contribution in [0.4, 0.5) is 5.69 Å². The van der Waals surface area contributed by atoms with Crippen LogP contribution < -0.4 is 5.32 Å². The Balaban J connectivity index is 0.00000220. The largest absolute Gasteiger partial charge is 0.480 e. The van der Waals surface area contributed by atoms with Crippen LogP contribution in [-0.4, -0.2) is 41.0 Å². The second kappa shape index (κ2) is 8.00. The SMILES string of the molecule is Cc1cccc(NC(=O)CN2CCCCC2C(=O)O)c1.Cl. The monoisotopic (exact) mass is 312 g/mol. The number of carboxylic acid groups (broad SMARTS) is 1. The Kier molecular flexibility index (Phi) is 6.65. The fraction of sp³-hybridized carbons (Fsp3) is 0.467. The van der Waals surface area contributed by atoms with Crippen LogP contribution in [0.2, 0.25) is 0 Å². The van der Waals surface area contributed by atoms with E-state index in [1.54, 1.807) is 4.90 Å². The van der Waals surface area contributed by atoms with Crippen molar-refractivity contribution in [1.29, 1.82) is 0 Å². The lowest BCUT2D eigenvalue weighted by Gasteiger charge is -2.32. The highest BCUT2D eigenvalue weighted by molar-refractivity contribution is 5.92. The topological polar surface area (TPSA) is 69.6 Å². The van der Waals surface area contributed by atoms with Crippen LogP contribution in [0.3, 0.4) is 0 Å². The van der Waals surface area contributed by atoms with E-state index in [9.17, 15) is 14.7 Å². The third-order valence-corrected chi connectivity index (χ3v) is 3.55. The molecular weight excluding hydrogens is 292 g/mol. The van der Waals surface area contributed by atoms with Gasteiger partial charge >= 0.3 is 5.97 Å². The molecule has 0 aromatic heterocycles. The predicted octanol–water partition coefficient (Wildman–Crippen LogP) is 2.29. The highest BCUT2D eigenvalue weighted by atomic mass is 35.5. The number of carbonyl (C=O) groups excluding carboxylic acids is 1. The first-order valence-electron chi connectivity index (χ1n) is 6.89. The maximum Gasteiger partial charge on any atom is 0.320 e. The van der Waals surface area contributed by atoms with Gasteiger partial charge in [-0.3, -0.25) is 14.5 Å². The molecule has 6 heteroatoms. The Labute approximate surface area is 130 Å². The number of nitrogens with zero attached hydrogens (tertiary/aromatic N) is 1. The first-order valence-corrected chi connectivity index (χ1v) is 6.89. The molecule has 116 valence electrons. The maximum absolute atomic E-state index is 12.0. The smallest absolute Gasteiger partial charge is 0.320 e. The van der Waals surface area contributed by atoms with E-state index in [1.807, 2.05) is 31.2 Å². The summed E-state index contributed by atoms with van der Waals surface area (Å²) in [6.07, 6.45) is 2.47. The standard InChI is InChI=1S/C15H20N2O3.ClH/c1-11-5-4-6-12(9-11)16-14(18)10-17-8-3-2-7-13(17)15(19)20;/h4-6,9,13H,2-3,7-8,10H2,1H3,(H,16,18)(H,19,20);1H. The van der Waals surface area contributed by atoms with Crippen LogP contribution >= 0.6 is 12.4 Å². The number of aryl methyl sites for hydroxylation is 1. The number of rotatable bonds is 4. The molecule has 1 aromatic rings. The van der Waals surface area contributed by atoms with Crippen molar-refractivity contribution >= 4 is 30.0 Å². The summed E-state index contributed by atoms with van der Waals surface area (Å²) in [7, 11) is 0. The van der Waals surface area contributed by atoms with E-state index in [-0.39, 0.29) is 24.9 Å². The lowest BCUT2D eigenvalue weighted by molar-refractivity contribution is -0.145. The molecule has 1 aromatic carbocycles. The average molecular weight is 313 g/mol. The van der Waals surface area contributed by atoms with Crippen molar-refractivity contribution in [3.8, 4) is 0 Å². The number of halogens is 1. The van der Waals surface area contributed by atoms with E-state index >= 15 is 0 Å². The second-order valence-electron chi connectivity index (χ2n) is 5.24. The number of hydrogen-bond acceptors (Lipinski definition) is 3. The Morgan fingerprint density at radius 1 is 1.38 bits per heavy atom. The van der Waals surface area contributed by atoms with E-state index in [0.717, 1.165) is 24.1 Å². The number of anilines is 1. The molecule has 0 bridgehead atoms. The number of carboxylic acids is 1. The summed E-state index contributed by atoms with van der Waals surface area (Å²) in [6, 6.07) is 7.03. The summed E-state index contributed by atoms with van der Waals surface area (Å²) in [5.41, 5.74) is 1.82. The molecule has 2 rings (SSSR count). The molecule has 5 nitrogen and oxygen atoms in total. The number of likely N-dealkylation sites (tertiary alicyclic amines) is 1. The molecule has 0 saturated carbocycles. The molecule has 1 aliphatic heterocycles. The number of nitrogens with one attached hydrogen (secondary N) is 1. The molecule has 1 saturated heterocycles. The fourth-order valence-corrected chi connectivity index (χ4v) is 2.57. The first-order chi connectivity index (χ1) is 9.56. The molecule has 1 heterocycles. The number of aliphatic carboxylic acids is 1. The minimum atomic E-state index is -0.840. The van der Waals surface area contributed by atoms with E-state index < -0.39 is 12.0 Å². The van der Waals surface area contributed by atoms with Crippen LogP contribution in [0.25, 0.3) is 0 Å². The number of carbonyl (C=O) groups is 2. The molecule has 0 spiro atoms. The molecular formula is C15H21ClN2O3. The Morgan fingerprint density at radius 2 is 2.14 bits per heavy atom. The van der Waals surface area contributed by atoms with E-state index in [1.165, 1.54) is 0 Å². The fourth-order valence-electron chi connectivity index (χ4n) is 2.57. The molecule has 1 atom stereocenters. The first kappa shape index (κ1) is 17.5. The third-order valence-electron chi connectivity index (χ3n) is 3.55. The van der Waals surface area contributed by atoms with Gasteiger partial charge in [-0.25, -0.2) is 0 Å². The number of benzene rings is 1. The Morgan fingerprint density at radius 3 is 2.81 bits per heavy atom. The molecule has 21 heavy (non-hydrogen) atoms. The molecule has 1 aliphatic rings. The van der Waals surface area contributed by atoms with Crippen molar-refractivity contribution in [1.82, 2.24) is 4.90 Å². The summed E-state index contributed by atoms with van der Waals surface area (Å²) in [4.78, 5) is 24.9. The van der Waals surface area contributed by atoms with E-state index in [0.29, 0.717) is 13.0 Å². The highest BCUT2D eigenvalue weighted by Crippen LogP contribution is 2.17.